The van der Waals surface area contributed by atoms with E-state index < -0.39 is 17.8 Å². The van der Waals surface area contributed by atoms with Gasteiger partial charge in [0.1, 0.15) is 12.4 Å². The van der Waals surface area contributed by atoms with Crippen LogP contribution in [0.4, 0.5) is 19.0 Å². The summed E-state index contributed by atoms with van der Waals surface area (Å²) in [5.41, 5.74) is -0.0557. The van der Waals surface area contributed by atoms with Gasteiger partial charge in [-0.05, 0) is 23.8 Å². The number of rotatable bonds is 5. The number of nitrogens with one attached hydrogen (secondary N) is 1. The number of halogens is 4. The number of hydrogen-bond acceptors (Lipinski definition) is 3. The lowest BCUT2D eigenvalue weighted by Gasteiger charge is -2.09. The molecular formula is C16H13BrF3N5O. The first kappa shape index (κ1) is 18.2. The minimum Gasteiger partial charge on any atom is -0.309 e. The van der Waals surface area contributed by atoms with Crippen LogP contribution in [0.1, 0.15) is 11.3 Å². The number of alkyl halides is 3. The number of aromatic nitrogens is 4. The predicted octanol–water partition coefficient (Wildman–Crippen LogP) is 3.55. The lowest BCUT2D eigenvalue weighted by atomic mass is 10.2. The summed E-state index contributed by atoms with van der Waals surface area (Å²) in [6.07, 6.45) is -1.89. The van der Waals surface area contributed by atoms with E-state index in [1.165, 1.54) is 6.20 Å². The summed E-state index contributed by atoms with van der Waals surface area (Å²) in [7, 11) is 0. The number of amides is 1. The van der Waals surface area contributed by atoms with Gasteiger partial charge in [-0.25, -0.2) is 4.68 Å². The van der Waals surface area contributed by atoms with E-state index in [1.807, 2.05) is 24.3 Å². The van der Waals surface area contributed by atoms with Crippen LogP contribution in [0.25, 0.3) is 0 Å². The van der Waals surface area contributed by atoms with Crippen LogP contribution in [0, 0.1) is 0 Å². The third-order valence-corrected chi connectivity index (χ3v) is 3.99. The number of carbonyl (C=O) groups is 1. The second-order valence-electron chi connectivity index (χ2n) is 5.45. The van der Waals surface area contributed by atoms with Crippen molar-refractivity contribution in [1.82, 2.24) is 19.6 Å². The van der Waals surface area contributed by atoms with Crippen molar-refractivity contribution in [3.05, 3.63) is 64.5 Å². The monoisotopic (exact) mass is 427 g/mol. The highest BCUT2D eigenvalue weighted by molar-refractivity contribution is 9.10. The van der Waals surface area contributed by atoms with Crippen molar-refractivity contribution in [3.8, 4) is 0 Å². The van der Waals surface area contributed by atoms with Crippen LogP contribution in [-0.2, 0) is 24.1 Å². The summed E-state index contributed by atoms with van der Waals surface area (Å²) >= 11 is 3.36. The Labute approximate surface area is 154 Å². The molecule has 0 fully saturated rings. The first-order valence-corrected chi connectivity index (χ1v) is 8.27. The van der Waals surface area contributed by atoms with E-state index in [-0.39, 0.29) is 6.54 Å². The molecule has 0 aliphatic heterocycles. The Kier molecular flexibility index (Phi) is 5.12. The molecule has 3 rings (SSSR count). The van der Waals surface area contributed by atoms with Crippen LogP contribution < -0.4 is 5.32 Å². The van der Waals surface area contributed by atoms with Crippen LogP contribution in [0.3, 0.4) is 0 Å². The molecule has 0 aliphatic carbocycles. The third-order valence-electron chi connectivity index (χ3n) is 3.47. The van der Waals surface area contributed by atoms with Crippen molar-refractivity contribution >= 4 is 27.7 Å². The Balaban J connectivity index is 1.64. The number of nitrogens with zero attached hydrogens (tertiary/aromatic N) is 4. The number of carbonyl (C=O) groups excluding carboxylic acids is 1. The maximum Gasteiger partial charge on any atom is 0.435 e. The summed E-state index contributed by atoms with van der Waals surface area (Å²) < 4.78 is 41.1. The second-order valence-corrected chi connectivity index (χ2v) is 6.36. The van der Waals surface area contributed by atoms with Crippen molar-refractivity contribution in [2.45, 2.75) is 19.3 Å². The summed E-state index contributed by atoms with van der Waals surface area (Å²) in [6, 6.07) is 10.1. The number of benzene rings is 1. The Morgan fingerprint density at radius 1 is 1.15 bits per heavy atom. The maximum atomic E-state index is 12.5. The molecule has 136 valence electrons. The smallest absolute Gasteiger partial charge is 0.309 e. The van der Waals surface area contributed by atoms with Crippen molar-refractivity contribution in [2.75, 3.05) is 5.32 Å². The summed E-state index contributed by atoms with van der Waals surface area (Å²) in [5, 5.41) is 10.1. The molecule has 26 heavy (non-hydrogen) atoms. The topological polar surface area (TPSA) is 64.7 Å². The van der Waals surface area contributed by atoms with Gasteiger partial charge >= 0.3 is 6.18 Å². The molecule has 1 N–H and O–H groups in total. The largest absolute Gasteiger partial charge is 0.435 e. The molecule has 3 aromatic rings. The van der Waals surface area contributed by atoms with Crippen LogP contribution in [0.5, 0.6) is 0 Å². The van der Waals surface area contributed by atoms with Gasteiger partial charge in [0, 0.05) is 16.7 Å². The molecule has 1 amide bonds. The van der Waals surface area contributed by atoms with Crippen LogP contribution >= 0.6 is 15.9 Å². The highest BCUT2D eigenvalue weighted by atomic mass is 79.9. The van der Waals surface area contributed by atoms with Gasteiger partial charge in [0.25, 0.3) is 0 Å². The van der Waals surface area contributed by atoms with Gasteiger partial charge in [-0.1, -0.05) is 28.1 Å². The first-order valence-electron chi connectivity index (χ1n) is 7.48. The fourth-order valence-electron chi connectivity index (χ4n) is 2.26. The van der Waals surface area contributed by atoms with Gasteiger partial charge in [-0.2, -0.15) is 23.4 Å². The molecule has 0 bridgehead atoms. The van der Waals surface area contributed by atoms with E-state index in [1.54, 1.807) is 10.7 Å². The van der Waals surface area contributed by atoms with E-state index in [0.29, 0.717) is 12.4 Å². The molecule has 10 heteroatoms. The van der Waals surface area contributed by atoms with E-state index >= 15 is 0 Å². The standard InChI is InChI=1S/C16H13BrF3N5O/c17-12-3-1-11(2-4-12)9-25-14(5-7-21-25)22-15(26)10-24-8-6-13(23-24)16(18,19)20/h1-8H,9-10H2,(H,22,26). The van der Waals surface area contributed by atoms with Crippen molar-refractivity contribution in [3.63, 3.8) is 0 Å². The summed E-state index contributed by atoms with van der Waals surface area (Å²) in [5.74, 6) is -0.0551. The average molecular weight is 428 g/mol. The Morgan fingerprint density at radius 2 is 1.88 bits per heavy atom. The molecule has 0 saturated heterocycles. The molecule has 2 aromatic heterocycles. The lowest BCUT2D eigenvalue weighted by Crippen LogP contribution is -2.21. The minimum atomic E-state index is -4.54. The molecule has 2 heterocycles. The molecule has 0 aliphatic rings. The van der Waals surface area contributed by atoms with Gasteiger partial charge < -0.3 is 5.32 Å². The van der Waals surface area contributed by atoms with Crippen molar-refractivity contribution < 1.29 is 18.0 Å². The Bertz CT molecular complexity index is 901. The zero-order chi connectivity index (χ0) is 18.7. The third kappa shape index (κ3) is 4.51. The average Bonchev–Trinajstić information content (AvgIpc) is 3.19. The normalized spacial score (nSPS) is 11.5. The number of anilines is 1. The van der Waals surface area contributed by atoms with Crippen LogP contribution in [-0.4, -0.2) is 25.5 Å². The molecule has 1 aromatic carbocycles. The fraction of sp³-hybridized carbons (Fsp3) is 0.188. The molecule has 0 radical (unpaired) electrons. The van der Waals surface area contributed by atoms with Gasteiger partial charge in [0.15, 0.2) is 5.69 Å². The van der Waals surface area contributed by atoms with Gasteiger partial charge in [0.05, 0.1) is 12.7 Å². The zero-order valence-electron chi connectivity index (χ0n) is 13.2. The summed E-state index contributed by atoms with van der Waals surface area (Å²) in [6.45, 7) is 0.107. The SMILES string of the molecule is O=C(Cn1ccc(C(F)(F)F)n1)Nc1ccnn1Cc1ccc(Br)cc1. The van der Waals surface area contributed by atoms with Crippen molar-refractivity contribution in [1.29, 1.82) is 0 Å². The highest BCUT2D eigenvalue weighted by Gasteiger charge is 2.33. The zero-order valence-corrected chi connectivity index (χ0v) is 14.8. The number of hydrogen-bond donors (Lipinski definition) is 1. The molecule has 6 nitrogen and oxygen atoms in total. The van der Waals surface area contributed by atoms with Gasteiger partial charge in [0.2, 0.25) is 5.91 Å². The quantitative estimate of drug-likeness (QED) is 0.676. The summed E-state index contributed by atoms with van der Waals surface area (Å²) in [4.78, 5) is 12.1. The van der Waals surface area contributed by atoms with Crippen LogP contribution in [0.15, 0.2) is 53.3 Å². The maximum absolute atomic E-state index is 12.5. The van der Waals surface area contributed by atoms with Gasteiger partial charge in [-0.15, -0.1) is 0 Å². The van der Waals surface area contributed by atoms with E-state index in [0.717, 1.165) is 27.0 Å². The molecule has 0 atom stereocenters. The fourth-order valence-corrected chi connectivity index (χ4v) is 2.52. The van der Waals surface area contributed by atoms with Gasteiger partial charge in [-0.3, -0.25) is 9.48 Å². The molecule has 0 unspecified atom stereocenters. The second kappa shape index (κ2) is 7.32. The predicted molar refractivity (Wildman–Crippen MR) is 91.3 cm³/mol. The lowest BCUT2D eigenvalue weighted by molar-refractivity contribution is -0.141. The minimum absolute atomic E-state index is 0.334. The van der Waals surface area contributed by atoms with Crippen LogP contribution in [0.2, 0.25) is 0 Å². The highest BCUT2D eigenvalue weighted by Crippen LogP contribution is 2.27. The van der Waals surface area contributed by atoms with E-state index in [9.17, 15) is 18.0 Å². The Hall–Kier alpha value is -2.62. The molecule has 0 saturated carbocycles. The van der Waals surface area contributed by atoms with Crippen molar-refractivity contribution in [2.24, 2.45) is 0 Å². The van der Waals surface area contributed by atoms with E-state index in [4.69, 9.17) is 0 Å². The Morgan fingerprint density at radius 3 is 2.54 bits per heavy atom. The molecular weight excluding hydrogens is 415 g/mol. The molecule has 0 spiro atoms. The first-order chi connectivity index (χ1) is 12.3. The van der Waals surface area contributed by atoms with E-state index in [2.05, 4.69) is 31.4 Å².